The molecular formula is C23H31IN6OS. The van der Waals surface area contributed by atoms with Gasteiger partial charge in [0.25, 0.3) is 5.91 Å². The third-order valence-corrected chi connectivity index (χ3v) is 5.53. The van der Waals surface area contributed by atoms with Crippen LogP contribution in [0.25, 0.3) is 5.69 Å². The molecule has 1 aromatic carbocycles. The molecule has 2 heterocycles. The zero-order valence-electron chi connectivity index (χ0n) is 18.7. The summed E-state index contributed by atoms with van der Waals surface area (Å²) in [6, 6.07) is 14.0. The molecule has 172 valence electrons. The molecule has 0 aliphatic carbocycles. The summed E-state index contributed by atoms with van der Waals surface area (Å²) in [5.74, 6) is 0.742. The summed E-state index contributed by atoms with van der Waals surface area (Å²) >= 11 is 1.45. The van der Waals surface area contributed by atoms with E-state index >= 15 is 0 Å². The summed E-state index contributed by atoms with van der Waals surface area (Å²) in [7, 11) is 0. The molecule has 3 N–H and O–H groups in total. The molecule has 0 radical (unpaired) electrons. The highest BCUT2D eigenvalue weighted by molar-refractivity contribution is 14.0. The number of halogens is 1. The molecule has 7 nitrogen and oxygen atoms in total. The number of hydrogen-bond acceptors (Lipinski definition) is 4. The average Bonchev–Trinajstić information content (AvgIpc) is 3.41. The van der Waals surface area contributed by atoms with Crippen LogP contribution in [0.2, 0.25) is 0 Å². The van der Waals surface area contributed by atoms with Crippen LogP contribution in [0.4, 0.5) is 0 Å². The topological polar surface area (TPSA) is 83.3 Å². The van der Waals surface area contributed by atoms with Crippen molar-refractivity contribution in [3.05, 3.63) is 69.7 Å². The van der Waals surface area contributed by atoms with E-state index in [1.54, 1.807) is 0 Å². The molecule has 0 fully saturated rings. The highest BCUT2D eigenvalue weighted by atomic mass is 127. The fourth-order valence-electron chi connectivity index (χ4n) is 3.22. The first-order chi connectivity index (χ1) is 15.1. The van der Waals surface area contributed by atoms with E-state index in [1.165, 1.54) is 11.3 Å². The Morgan fingerprint density at radius 2 is 1.88 bits per heavy atom. The van der Waals surface area contributed by atoms with Crippen LogP contribution in [0.3, 0.4) is 0 Å². The number of aromatic nitrogens is 2. The van der Waals surface area contributed by atoms with Gasteiger partial charge >= 0.3 is 0 Å². The lowest BCUT2D eigenvalue weighted by Crippen LogP contribution is -2.38. The Balaban J connectivity index is 0.00000363. The maximum absolute atomic E-state index is 12.0. The zero-order chi connectivity index (χ0) is 22.1. The molecule has 0 atom stereocenters. The predicted octanol–water partition coefficient (Wildman–Crippen LogP) is 4.04. The molecule has 3 rings (SSSR count). The van der Waals surface area contributed by atoms with E-state index in [9.17, 15) is 4.79 Å². The van der Waals surface area contributed by atoms with E-state index in [1.807, 2.05) is 48.2 Å². The van der Waals surface area contributed by atoms with Crippen LogP contribution in [0.1, 0.15) is 40.0 Å². The van der Waals surface area contributed by atoms with Gasteiger partial charge < -0.3 is 16.0 Å². The highest BCUT2D eigenvalue weighted by Crippen LogP contribution is 2.17. The molecule has 9 heteroatoms. The van der Waals surface area contributed by atoms with E-state index in [-0.39, 0.29) is 29.9 Å². The van der Waals surface area contributed by atoms with Gasteiger partial charge in [0, 0.05) is 25.3 Å². The van der Waals surface area contributed by atoms with Crippen molar-refractivity contribution >= 4 is 47.2 Å². The van der Waals surface area contributed by atoms with Gasteiger partial charge in [0.05, 0.1) is 22.8 Å². The highest BCUT2D eigenvalue weighted by Gasteiger charge is 2.09. The van der Waals surface area contributed by atoms with E-state index in [2.05, 4.69) is 46.2 Å². The van der Waals surface area contributed by atoms with Crippen molar-refractivity contribution < 1.29 is 4.79 Å². The maximum atomic E-state index is 12.0. The lowest BCUT2D eigenvalue weighted by atomic mass is 10.2. The number of carbonyl (C=O) groups excluding carboxylic acids is 1. The third-order valence-electron chi connectivity index (χ3n) is 4.66. The maximum Gasteiger partial charge on any atom is 0.261 e. The van der Waals surface area contributed by atoms with Crippen LogP contribution in [0.15, 0.2) is 52.8 Å². The van der Waals surface area contributed by atoms with Gasteiger partial charge in [-0.1, -0.05) is 24.3 Å². The minimum Gasteiger partial charge on any atom is -0.357 e. The quantitative estimate of drug-likeness (QED) is 0.158. The second-order valence-electron chi connectivity index (χ2n) is 7.18. The second kappa shape index (κ2) is 13.2. The Morgan fingerprint density at radius 1 is 1.09 bits per heavy atom. The standard InChI is InChI=1S/C23H30N6OS.HI/c1-4-24-23(26-13-8-12-25-22(30)21-11-7-14-31-21)27-16-19-9-5-6-10-20(19)29-18(3)15-17(2)28-29;/h5-7,9-11,14-15H,4,8,12-13,16H2,1-3H3,(H,25,30)(H2,24,26,27);1H. The lowest BCUT2D eigenvalue weighted by Gasteiger charge is -2.13. The minimum absolute atomic E-state index is 0. The van der Waals surface area contributed by atoms with Gasteiger partial charge in [0.15, 0.2) is 5.96 Å². The largest absolute Gasteiger partial charge is 0.357 e. The molecule has 2 aromatic heterocycles. The lowest BCUT2D eigenvalue weighted by molar-refractivity contribution is 0.0957. The van der Waals surface area contributed by atoms with Crippen LogP contribution < -0.4 is 16.0 Å². The van der Waals surface area contributed by atoms with Gasteiger partial charge in [-0.3, -0.25) is 4.79 Å². The van der Waals surface area contributed by atoms with Crippen LogP contribution in [0.5, 0.6) is 0 Å². The van der Waals surface area contributed by atoms with Crippen molar-refractivity contribution in [3.63, 3.8) is 0 Å². The Kier molecular flexibility index (Phi) is 10.7. The van der Waals surface area contributed by atoms with Crippen LogP contribution >= 0.6 is 35.3 Å². The van der Waals surface area contributed by atoms with E-state index < -0.39 is 0 Å². The number of thiophene rings is 1. The molecular weight excluding hydrogens is 535 g/mol. The summed E-state index contributed by atoms with van der Waals surface area (Å²) < 4.78 is 1.97. The van der Waals surface area contributed by atoms with Crippen molar-refractivity contribution in [1.82, 2.24) is 25.7 Å². The first kappa shape index (κ1) is 25.9. The number of amides is 1. The Labute approximate surface area is 210 Å². The van der Waals surface area contributed by atoms with E-state index in [0.29, 0.717) is 13.1 Å². The number of benzene rings is 1. The van der Waals surface area contributed by atoms with Gasteiger partial charge in [0.1, 0.15) is 0 Å². The fraction of sp³-hybridized carbons (Fsp3) is 0.348. The van der Waals surface area contributed by atoms with Gasteiger partial charge in [-0.15, -0.1) is 35.3 Å². The summed E-state index contributed by atoms with van der Waals surface area (Å²) in [6.07, 6.45) is 0.809. The Hall–Kier alpha value is -2.40. The number of rotatable bonds is 9. The van der Waals surface area contributed by atoms with Gasteiger partial charge in [-0.25, -0.2) is 9.67 Å². The molecule has 0 aliphatic heterocycles. The van der Waals surface area contributed by atoms with E-state index in [4.69, 9.17) is 4.99 Å². The smallest absolute Gasteiger partial charge is 0.261 e. The number of nitrogens with zero attached hydrogens (tertiary/aromatic N) is 3. The van der Waals surface area contributed by atoms with Gasteiger partial charge in [-0.2, -0.15) is 5.10 Å². The zero-order valence-corrected chi connectivity index (χ0v) is 21.9. The summed E-state index contributed by atoms with van der Waals surface area (Å²) in [4.78, 5) is 17.5. The minimum atomic E-state index is -0.0173. The van der Waals surface area contributed by atoms with Crippen LogP contribution in [-0.4, -0.2) is 41.3 Å². The van der Waals surface area contributed by atoms with Crippen molar-refractivity contribution in [2.45, 2.75) is 33.7 Å². The number of aliphatic imine (C=N–C) groups is 1. The molecule has 0 bridgehead atoms. The van der Waals surface area contributed by atoms with Gasteiger partial charge in [0.2, 0.25) is 0 Å². The molecule has 0 unspecified atom stereocenters. The number of carbonyl (C=O) groups is 1. The molecule has 3 aromatic rings. The SMILES string of the molecule is CCNC(=NCc1ccccc1-n1nc(C)cc1C)NCCCNC(=O)c1cccs1.I. The first-order valence-electron chi connectivity index (χ1n) is 10.5. The van der Waals surface area contributed by atoms with Crippen LogP contribution in [-0.2, 0) is 6.54 Å². The Morgan fingerprint density at radius 3 is 2.56 bits per heavy atom. The average molecular weight is 567 g/mol. The Bertz CT molecular complexity index is 1020. The number of aryl methyl sites for hydroxylation is 2. The molecule has 1 amide bonds. The predicted molar refractivity (Wildman–Crippen MR) is 143 cm³/mol. The molecule has 0 saturated heterocycles. The number of hydrogen-bond donors (Lipinski definition) is 3. The first-order valence-corrected chi connectivity index (χ1v) is 11.4. The number of nitrogens with one attached hydrogen (secondary N) is 3. The summed E-state index contributed by atoms with van der Waals surface area (Å²) in [5, 5.41) is 16.1. The summed E-state index contributed by atoms with van der Waals surface area (Å²) in [6.45, 7) is 8.75. The summed E-state index contributed by atoms with van der Waals surface area (Å²) in [5.41, 5.74) is 4.25. The monoisotopic (exact) mass is 566 g/mol. The van der Waals surface area contributed by atoms with E-state index in [0.717, 1.165) is 53.0 Å². The number of guanidine groups is 1. The second-order valence-corrected chi connectivity index (χ2v) is 8.12. The molecule has 32 heavy (non-hydrogen) atoms. The fourth-order valence-corrected chi connectivity index (χ4v) is 3.86. The van der Waals surface area contributed by atoms with Gasteiger partial charge in [-0.05, 0) is 56.3 Å². The normalized spacial score (nSPS) is 11.0. The van der Waals surface area contributed by atoms with Crippen LogP contribution in [0, 0.1) is 13.8 Å². The third kappa shape index (κ3) is 7.33. The molecule has 0 saturated carbocycles. The van der Waals surface area contributed by atoms with Crippen molar-refractivity contribution in [1.29, 1.82) is 0 Å². The molecule has 0 aliphatic rings. The van der Waals surface area contributed by atoms with Crippen molar-refractivity contribution in [2.75, 3.05) is 19.6 Å². The van der Waals surface area contributed by atoms with Crippen molar-refractivity contribution in [2.24, 2.45) is 4.99 Å². The number of para-hydroxylation sites is 1. The van der Waals surface area contributed by atoms with Crippen molar-refractivity contribution in [3.8, 4) is 5.69 Å². The molecule has 0 spiro atoms.